The number of anilines is 1. The number of aromatic nitrogens is 1. The highest BCUT2D eigenvalue weighted by Gasteiger charge is 2.25. The number of hydrogen-bond donors (Lipinski definition) is 0. The Balaban J connectivity index is 1.45. The van der Waals surface area contributed by atoms with Crippen LogP contribution in [0.25, 0.3) is 10.2 Å². The van der Waals surface area contributed by atoms with Gasteiger partial charge < -0.3 is 0 Å². The molecule has 0 spiro atoms. The summed E-state index contributed by atoms with van der Waals surface area (Å²) in [6.45, 7) is 2.31. The molecule has 0 aliphatic heterocycles. The van der Waals surface area contributed by atoms with Gasteiger partial charge in [0.2, 0.25) is 15.2 Å². The zero-order chi connectivity index (χ0) is 29.0. The van der Waals surface area contributed by atoms with Crippen LogP contribution in [-0.2, 0) is 16.6 Å². The summed E-state index contributed by atoms with van der Waals surface area (Å²) in [6.07, 6.45) is 1.45. The molecule has 11 heteroatoms. The van der Waals surface area contributed by atoms with Crippen LogP contribution in [0.5, 0.6) is 0 Å². The van der Waals surface area contributed by atoms with Gasteiger partial charge in [0.15, 0.2) is 0 Å². The van der Waals surface area contributed by atoms with E-state index in [4.69, 9.17) is 0 Å². The molecule has 0 aliphatic carbocycles. The van der Waals surface area contributed by atoms with Crippen molar-refractivity contribution in [2.45, 2.75) is 18.4 Å². The van der Waals surface area contributed by atoms with Crippen LogP contribution in [0.2, 0.25) is 0 Å². The van der Waals surface area contributed by atoms with Gasteiger partial charge in [-0.3, -0.25) is 4.79 Å². The zero-order valence-corrected chi connectivity index (χ0v) is 25.0. The van der Waals surface area contributed by atoms with E-state index in [1.54, 1.807) is 19.1 Å². The van der Waals surface area contributed by atoms with E-state index in [2.05, 4.69) is 26.0 Å². The molecule has 0 atom stereocenters. The third kappa shape index (κ3) is 6.59. The lowest BCUT2D eigenvalue weighted by atomic mass is 10.2. The Bertz CT molecular complexity index is 1810. The molecule has 0 radical (unpaired) electrons. The Hall–Kier alpha value is -3.77. The second-order valence-corrected chi connectivity index (χ2v) is 12.8. The van der Waals surface area contributed by atoms with Crippen LogP contribution < -0.4 is 5.01 Å². The van der Waals surface area contributed by atoms with Crippen LogP contribution >= 0.6 is 27.3 Å². The molecule has 0 saturated heterocycles. The van der Waals surface area contributed by atoms with Crippen LogP contribution in [-0.4, -0.2) is 36.4 Å². The molecular formula is C30H24BrFN4O3S2. The zero-order valence-electron chi connectivity index (χ0n) is 21.8. The minimum Gasteiger partial charge on any atom is -0.267 e. The molecule has 0 fully saturated rings. The van der Waals surface area contributed by atoms with E-state index in [1.165, 1.54) is 63.3 Å². The van der Waals surface area contributed by atoms with Gasteiger partial charge in [-0.15, -0.1) is 0 Å². The molecule has 1 heterocycles. The highest BCUT2D eigenvalue weighted by Crippen LogP contribution is 2.32. The van der Waals surface area contributed by atoms with Crippen molar-refractivity contribution in [3.63, 3.8) is 0 Å². The fourth-order valence-corrected chi connectivity index (χ4v) is 6.94. The lowest BCUT2D eigenvalue weighted by Gasteiger charge is -2.21. The Kier molecular flexibility index (Phi) is 8.69. The van der Waals surface area contributed by atoms with Gasteiger partial charge in [-0.25, -0.2) is 17.8 Å². The van der Waals surface area contributed by atoms with E-state index in [0.29, 0.717) is 16.2 Å². The number of amides is 1. The van der Waals surface area contributed by atoms with Gasteiger partial charge in [-0.2, -0.15) is 14.4 Å². The lowest BCUT2D eigenvalue weighted by molar-refractivity contribution is 0.0987. The van der Waals surface area contributed by atoms with Gasteiger partial charge in [0.25, 0.3) is 5.91 Å². The minimum absolute atomic E-state index is 0.0815. The maximum atomic E-state index is 13.7. The van der Waals surface area contributed by atoms with Gasteiger partial charge in [-0.05, 0) is 65.7 Å². The first-order chi connectivity index (χ1) is 19.7. The number of rotatable bonds is 9. The van der Waals surface area contributed by atoms with Crippen molar-refractivity contribution in [3.8, 4) is 0 Å². The third-order valence-electron chi connectivity index (χ3n) is 6.20. The Morgan fingerprint density at radius 3 is 2.39 bits per heavy atom. The molecule has 0 unspecified atom stereocenters. The first kappa shape index (κ1) is 28.7. The summed E-state index contributed by atoms with van der Waals surface area (Å²) in [6, 6.07) is 26.4. The summed E-state index contributed by atoms with van der Waals surface area (Å²) < 4.78 is 43.3. The van der Waals surface area contributed by atoms with Gasteiger partial charge in [0.05, 0.1) is 21.3 Å². The summed E-state index contributed by atoms with van der Waals surface area (Å²) in [7, 11) is -3.80. The first-order valence-electron chi connectivity index (χ1n) is 12.6. The number of carbonyl (C=O) groups excluding carboxylic acids is 1. The van der Waals surface area contributed by atoms with E-state index < -0.39 is 15.9 Å². The number of hydrazone groups is 1. The smallest absolute Gasteiger partial charge is 0.267 e. The van der Waals surface area contributed by atoms with Crippen LogP contribution in [0.3, 0.4) is 0 Å². The molecule has 4 aromatic carbocycles. The molecule has 1 aromatic heterocycles. The van der Waals surface area contributed by atoms with Gasteiger partial charge >= 0.3 is 0 Å². The lowest BCUT2D eigenvalue weighted by Crippen LogP contribution is -2.30. The van der Waals surface area contributed by atoms with Crippen LogP contribution in [0.4, 0.5) is 9.52 Å². The number of thiazole rings is 1. The molecular weight excluding hydrogens is 627 g/mol. The van der Waals surface area contributed by atoms with Crippen molar-refractivity contribution in [1.29, 1.82) is 0 Å². The number of halogens is 2. The Morgan fingerprint density at radius 1 is 1.00 bits per heavy atom. The Morgan fingerprint density at radius 2 is 1.71 bits per heavy atom. The normalized spacial score (nSPS) is 11.9. The molecule has 0 bridgehead atoms. The molecule has 5 rings (SSSR count). The SMILES string of the molecule is CCN(Cc1ccccc1)S(=O)(=O)c1ccc(C(=O)N(/N=C/c2ccc(F)cc2)c2nc3ccc(Br)cc3s2)cc1. The van der Waals surface area contributed by atoms with E-state index >= 15 is 0 Å². The van der Waals surface area contributed by atoms with Crippen molar-refractivity contribution < 1.29 is 17.6 Å². The van der Waals surface area contributed by atoms with Gasteiger partial charge in [-0.1, -0.05) is 76.7 Å². The summed E-state index contributed by atoms with van der Waals surface area (Å²) in [5.74, 6) is -0.880. The van der Waals surface area contributed by atoms with E-state index in [0.717, 1.165) is 14.7 Å². The molecule has 7 nitrogen and oxygen atoms in total. The third-order valence-corrected chi connectivity index (χ3v) is 9.62. The highest BCUT2D eigenvalue weighted by molar-refractivity contribution is 9.10. The molecule has 208 valence electrons. The Labute approximate surface area is 249 Å². The average molecular weight is 652 g/mol. The number of carbonyl (C=O) groups is 1. The molecule has 0 N–H and O–H groups in total. The minimum atomic E-state index is -3.80. The summed E-state index contributed by atoms with van der Waals surface area (Å²) in [4.78, 5) is 18.4. The fraction of sp³-hybridized carbons (Fsp3) is 0.100. The van der Waals surface area contributed by atoms with E-state index in [1.807, 2.05) is 48.5 Å². The number of nitrogens with zero attached hydrogens (tertiary/aromatic N) is 4. The monoisotopic (exact) mass is 650 g/mol. The van der Waals surface area contributed by atoms with Crippen LogP contribution in [0.1, 0.15) is 28.4 Å². The number of benzene rings is 4. The predicted molar refractivity (Wildman–Crippen MR) is 164 cm³/mol. The summed E-state index contributed by atoms with van der Waals surface area (Å²) in [5.41, 5.74) is 2.39. The van der Waals surface area contributed by atoms with Crippen molar-refractivity contribution in [2.24, 2.45) is 5.10 Å². The van der Waals surface area contributed by atoms with Crippen LogP contribution in [0, 0.1) is 5.82 Å². The largest absolute Gasteiger partial charge is 0.280 e. The molecule has 0 aliphatic rings. The van der Waals surface area contributed by atoms with Crippen molar-refractivity contribution in [3.05, 3.63) is 124 Å². The standard InChI is InChI=1S/C30H24BrFN4O3S2/c1-2-35(20-22-6-4-3-5-7-22)41(38,39)26-15-10-23(11-16-26)29(37)36(33-19-21-8-13-25(32)14-9-21)30-34-27-17-12-24(31)18-28(27)40-30/h3-19H,2,20H2,1H3/b33-19+. The van der Waals surface area contributed by atoms with Gasteiger partial charge in [0.1, 0.15) is 5.82 Å². The average Bonchev–Trinajstić information content (AvgIpc) is 3.40. The maximum Gasteiger partial charge on any atom is 0.280 e. The number of sulfonamides is 1. The number of hydrogen-bond acceptors (Lipinski definition) is 6. The summed E-state index contributed by atoms with van der Waals surface area (Å²) in [5, 5.41) is 5.89. The molecule has 1 amide bonds. The highest BCUT2D eigenvalue weighted by atomic mass is 79.9. The molecule has 0 saturated carbocycles. The first-order valence-corrected chi connectivity index (χ1v) is 15.6. The predicted octanol–water partition coefficient (Wildman–Crippen LogP) is 7.09. The fourth-order valence-electron chi connectivity index (χ4n) is 4.03. The van der Waals surface area contributed by atoms with Crippen molar-refractivity contribution in [1.82, 2.24) is 9.29 Å². The van der Waals surface area contributed by atoms with E-state index in [-0.39, 0.29) is 29.4 Å². The maximum absolute atomic E-state index is 13.7. The second kappa shape index (κ2) is 12.4. The van der Waals surface area contributed by atoms with Crippen LogP contribution in [0.15, 0.2) is 112 Å². The molecule has 41 heavy (non-hydrogen) atoms. The van der Waals surface area contributed by atoms with E-state index in [9.17, 15) is 17.6 Å². The molecule has 5 aromatic rings. The topological polar surface area (TPSA) is 82.9 Å². The van der Waals surface area contributed by atoms with Gasteiger partial charge in [0, 0.05) is 23.1 Å². The van der Waals surface area contributed by atoms with Crippen molar-refractivity contribution in [2.75, 3.05) is 11.6 Å². The number of fused-ring (bicyclic) bond motifs is 1. The second-order valence-electron chi connectivity index (χ2n) is 8.96. The van der Waals surface area contributed by atoms with Crippen molar-refractivity contribution >= 4 is 64.8 Å². The quantitative estimate of drug-likeness (QED) is 0.126. The summed E-state index contributed by atoms with van der Waals surface area (Å²) >= 11 is 4.74.